The molecule has 0 bridgehead atoms. The van der Waals surface area contributed by atoms with E-state index < -0.39 is 17.9 Å². The third-order valence-corrected chi connectivity index (χ3v) is 10.6. The Morgan fingerprint density at radius 1 is 1.11 bits per heavy atom. The van der Waals surface area contributed by atoms with Crippen molar-refractivity contribution in [2.45, 2.75) is 96.6 Å². The molecule has 0 unspecified atom stereocenters. The number of hydrogen-bond acceptors (Lipinski definition) is 6. The molecule has 3 fully saturated rings. The van der Waals surface area contributed by atoms with Gasteiger partial charge in [-0.1, -0.05) is 19.4 Å². The summed E-state index contributed by atoms with van der Waals surface area (Å²) in [5, 5.41) is 11.8. The summed E-state index contributed by atoms with van der Waals surface area (Å²) in [6.07, 6.45) is 11.7. The van der Waals surface area contributed by atoms with Crippen LogP contribution in [-0.4, -0.2) is 52.9 Å². The van der Waals surface area contributed by atoms with E-state index in [-0.39, 0.29) is 41.5 Å². The Bertz CT molecular complexity index is 933. The van der Waals surface area contributed by atoms with E-state index in [1.807, 2.05) is 12.3 Å². The quantitative estimate of drug-likeness (QED) is 0.431. The van der Waals surface area contributed by atoms with Crippen molar-refractivity contribution in [1.29, 1.82) is 0 Å². The van der Waals surface area contributed by atoms with E-state index in [2.05, 4.69) is 19.2 Å². The van der Waals surface area contributed by atoms with Crippen LogP contribution in [0.4, 0.5) is 0 Å². The molecule has 8 heteroatoms. The van der Waals surface area contributed by atoms with Gasteiger partial charge in [0.1, 0.15) is 12.1 Å². The number of carbonyl (C=O) groups excluding carboxylic acids is 3. The molecular formula is C28H41NO6S. The molecule has 0 spiro atoms. The van der Waals surface area contributed by atoms with Crippen LogP contribution in [-0.2, 0) is 23.9 Å². The van der Waals surface area contributed by atoms with Crippen LogP contribution in [0, 0.1) is 28.6 Å². The summed E-state index contributed by atoms with van der Waals surface area (Å²) in [4.78, 5) is 48.4. The van der Waals surface area contributed by atoms with Crippen LogP contribution in [0.2, 0.25) is 0 Å². The zero-order valence-corrected chi connectivity index (χ0v) is 22.7. The van der Waals surface area contributed by atoms with Crippen LogP contribution in [0.25, 0.3) is 0 Å². The summed E-state index contributed by atoms with van der Waals surface area (Å²) in [6, 6.07) is -0.930. The number of rotatable bonds is 9. The summed E-state index contributed by atoms with van der Waals surface area (Å²) in [6.45, 7) is 4.66. The van der Waals surface area contributed by atoms with Gasteiger partial charge in [0.15, 0.2) is 5.78 Å². The summed E-state index contributed by atoms with van der Waals surface area (Å²) in [5.41, 5.74) is 1.44. The van der Waals surface area contributed by atoms with Gasteiger partial charge in [0.2, 0.25) is 5.91 Å². The number of hydrogen-bond donors (Lipinski definition) is 2. The predicted octanol–water partition coefficient (Wildman–Crippen LogP) is 4.53. The van der Waals surface area contributed by atoms with Crippen LogP contribution < -0.4 is 5.32 Å². The van der Waals surface area contributed by atoms with Gasteiger partial charge in [-0.05, 0) is 92.6 Å². The van der Waals surface area contributed by atoms with E-state index in [1.54, 1.807) is 0 Å². The van der Waals surface area contributed by atoms with Gasteiger partial charge in [-0.2, -0.15) is 11.8 Å². The fourth-order valence-electron chi connectivity index (χ4n) is 7.90. The fraction of sp³-hybridized carbons (Fsp3) is 0.786. The number of ketones is 1. The number of aliphatic carboxylic acids is 1. The zero-order valence-electron chi connectivity index (χ0n) is 21.8. The molecule has 0 radical (unpaired) electrons. The minimum atomic E-state index is -1.06. The molecule has 7 nitrogen and oxygen atoms in total. The van der Waals surface area contributed by atoms with Crippen molar-refractivity contribution >= 4 is 35.4 Å². The van der Waals surface area contributed by atoms with Crippen molar-refractivity contribution in [3.63, 3.8) is 0 Å². The van der Waals surface area contributed by atoms with E-state index >= 15 is 0 Å². The van der Waals surface area contributed by atoms with Crippen molar-refractivity contribution in [2.75, 3.05) is 12.0 Å². The third kappa shape index (κ3) is 5.25. The van der Waals surface area contributed by atoms with Crippen LogP contribution in [0.5, 0.6) is 0 Å². The second-order valence-corrected chi connectivity index (χ2v) is 12.8. The number of carboxylic acid groups (broad SMARTS) is 1. The average Bonchev–Trinajstić information content (AvgIpc) is 3.16. The number of thioether (sulfide) groups is 1. The van der Waals surface area contributed by atoms with Crippen LogP contribution in [0.1, 0.15) is 84.5 Å². The molecule has 1 amide bonds. The molecule has 3 saturated carbocycles. The first-order valence-electron chi connectivity index (χ1n) is 13.5. The van der Waals surface area contributed by atoms with Gasteiger partial charge >= 0.3 is 11.9 Å². The molecule has 200 valence electrons. The van der Waals surface area contributed by atoms with Crippen molar-refractivity contribution in [1.82, 2.24) is 5.32 Å². The first-order chi connectivity index (χ1) is 17.1. The molecule has 0 aromatic carbocycles. The Morgan fingerprint density at radius 3 is 2.61 bits per heavy atom. The number of esters is 1. The first kappa shape index (κ1) is 27.2. The maximum atomic E-state index is 12.7. The highest BCUT2D eigenvalue weighted by atomic mass is 32.2. The van der Waals surface area contributed by atoms with Gasteiger partial charge < -0.3 is 15.2 Å². The Labute approximate surface area is 218 Å². The van der Waals surface area contributed by atoms with Gasteiger partial charge in [0, 0.05) is 18.3 Å². The number of fused-ring (bicyclic) bond motifs is 5. The number of carbonyl (C=O) groups is 4. The fourth-order valence-corrected chi connectivity index (χ4v) is 8.37. The lowest BCUT2D eigenvalue weighted by molar-refractivity contribution is -0.160. The van der Waals surface area contributed by atoms with Gasteiger partial charge in [-0.15, -0.1) is 0 Å². The molecule has 4 aliphatic carbocycles. The smallest absolute Gasteiger partial charge is 0.326 e. The highest BCUT2D eigenvalue weighted by Crippen LogP contribution is 2.65. The lowest BCUT2D eigenvalue weighted by Crippen LogP contribution is -2.51. The average molecular weight is 520 g/mol. The molecule has 0 saturated heterocycles. The molecule has 0 aliphatic heterocycles. The van der Waals surface area contributed by atoms with Crippen LogP contribution in [0.3, 0.4) is 0 Å². The second-order valence-electron chi connectivity index (χ2n) is 11.8. The van der Waals surface area contributed by atoms with E-state index in [9.17, 15) is 24.3 Å². The first-order valence-corrected chi connectivity index (χ1v) is 14.9. The molecular weight excluding hydrogens is 478 g/mol. The minimum Gasteiger partial charge on any atom is -0.480 e. The summed E-state index contributed by atoms with van der Waals surface area (Å²) < 4.78 is 5.98. The lowest BCUT2D eigenvalue weighted by atomic mass is 9.47. The normalized spacial score (nSPS) is 36.1. The van der Waals surface area contributed by atoms with Crippen molar-refractivity contribution in [2.24, 2.45) is 28.6 Å². The molecule has 4 aliphatic rings. The second kappa shape index (κ2) is 10.9. The van der Waals surface area contributed by atoms with Gasteiger partial charge in [-0.3, -0.25) is 14.4 Å². The molecule has 0 aromatic heterocycles. The van der Waals surface area contributed by atoms with Crippen molar-refractivity contribution in [3.8, 4) is 0 Å². The predicted molar refractivity (Wildman–Crippen MR) is 138 cm³/mol. The molecule has 0 aromatic rings. The maximum Gasteiger partial charge on any atom is 0.326 e. The zero-order chi connectivity index (χ0) is 26.1. The molecule has 4 rings (SSSR count). The third-order valence-electron chi connectivity index (χ3n) is 9.95. The SMILES string of the molecule is CSCC[C@@H](NC(=O)CCC(=O)O[C@H]1CC[C@@H]2[C@H]3CCC4=CC(=O)CC[C@]4(C)[C@@H]3CC[C@]12C)C(=O)O. The Kier molecular flexibility index (Phi) is 8.22. The maximum absolute atomic E-state index is 12.7. The van der Waals surface area contributed by atoms with Crippen molar-refractivity contribution in [3.05, 3.63) is 11.6 Å². The molecule has 36 heavy (non-hydrogen) atoms. The topological polar surface area (TPSA) is 110 Å². The Hall–Kier alpha value is -1.83. The van der Waals surface area contributed by atoms with E-state index in [0.717, 1.165) is 44.9 Å². The van der Waals surface area contributed by atoms with Gasteiger partial charge in [0.05, 0.1) is 6.42 Å². The van der Waals surface area contributed by atoms with Crippen LogP contribution in [0.15, 0.2) is 11.6 Å². The van der Waals surface area contributed by atoms with Gasteiger partial charge in [-0.25, -0.2) is 4.79 Å². The highest BCUT2D eigenvalue weighted by molar-refractivity contribution is 7.98. The van der Waals surface area contributed by atoms with Crippen molar-refractivity contribution < 1.29 is 29.0 Å². The monoisotopic (exact) mass is 519 g/mol. The lowest BCUT2D eigenvalue weighted by Gasteiger charge is -2.57. The molecule has 2 N–H and O–H groups in total. The number of ether oxygens (including phenoxy) is 1. The largest absolute Gasteiger partial charge is 0.480 e. The minimum absolute atomic E-state index is 0.0374. The Balaban J connectivity index is 1.32. The summed E-state index contributed by atoms with van der Waals surface area (Å²) >= 11 is 1.53. The van der Waals surface area contributed by atoms with Crippen LogP contribution >= 0.6 is 11.8 Å². The number of allylic oxidation sites excluding steroid dienone is 1. The van der Waals surface area contributed by atoms with E-state index in [4.69, 9.17) is 4.74 Å². The molecule has 7 atom stereocenters. The highest BCUT2D eigenvalue weighted by Gasteiger charge is 2.59. The number of amides is 1. The summed E-state index contributed by atoms with van der Waals surface area (Å²) in [7, 11) is 0. The van der Waals surface area contributed by atoms with E-state index in [1.165, 1.54) is 17.3 Å². The molecule has 0 heterocycles. The van der Waals surface area contributed by atoms with Gasteiger partial charge in [0.25, 0.3) is 0 Å². The Morgan fingerprint density at radius 2 is 1.89 bits per heavy atom. The number of nitrogens with one attached hydrogen (secondary N) is 1. The standard InChI is InChI=1S/C28H41NO6S/c1-27-13-10-18(30)16-17(27)4-5-19-20-6-7-23(28(20,2)14-11-21(19)27)35-25(32)9-8-24(31)29-22(26(33)34)12-15-36-3/h16,19-23H,4-15H2,1-3H3,(H,29,31)(H,33,34)/t19-,20-,21-,22-,23+,27+,28+/m1/s1. The van der Waals surface area contributed by atoms with E-state index in [0.29, 0.717) is 36.3 Å². The summed E-state index contributed by atoms with van der Waals surface area (Å²) in [5.74, 6) is 0.765. The number of carboxylic acids is 1.